The zero-order chi connectivity index (χ0) is 17.8. The molecule has 0 N–H and O–H groups in total. The minimum atomic E-state index is 0.611. The van der Waals surface area contributed by atoms with Crippen LogP contribution in [0.5, 0.6) is 11.5 Å². The van der Waals surface area contributed by atoms with Crippen molar-refractivity contribution in [3.8, 4) is 17.6 Å². The maximum atomic E-state index is 9.72. The van der Waals surface area contributed by atoms with Crippen molar-refractivity contribution in [3.05, 3.63) is 69.3 Å². The first-order chi connectivity index (χ1) is 12.2. The molecule has 3 rings (SSSR count). The predicted molar refractivity (Wildman–Crippen MR) is 110 cm³/mol. The second kappa shape index (κ2) is 7.58. The van der Waals surface area contributed by atoms with Gasteiger partial charge in [-0.25, -0.2) is 0 Å². The van der Waals surface area contributed by atoms with E-state index in [2.05, 4.69) is 28.7 Å². The monoisotopic (exact) mass is 441 g/mol. The van der Waals surface area contributed by atoms with Crippen molar-refractivity contribution >= 4 is 45.0 Å². The van der Waals surface area contributed by atoms with Gasteiger partial charge in [-0.15, -0.1) is 0 Å². The third kappa shape index (κ3) is 3.47. The van der Waals surface area contributed by atoms with E-state index < -0.39 is 0 Å². The Morgan fingerprint density at radius 1 is 1.04 bits per heavy atom. The molecule has 0 bridgehead atoms. The van der Waals surface area contributed by atoms with E-state index in [1.54, 1.807) is 14.2 Å². The number of hydrogen-bond acceptors (Lipinski definition) is 3. The Bertz CT molecular complexity index is 997. The third-order valence-electron chi connectivity index (χ3n) is 3.97. The topological polar surface area (TPSA) is 42.2 Å². The van der Waals surface area contributed by atoms with Crippen molar-refractivity contribution in [2.45, 2.75) is 0 Å². The predicted octanol–water partition coefficient (Wildman–Crippen LogP) is 5.53. The van der Waals surface area contributed by atoms with E-state index in [9.17, 15) is 5.26 Å². The van der Waals surface area contributed by atoms with E-state index in [-0.39, 0.29) is 0 Å². The van der Waals surface area contributed by atoms with Gasteiger partial charge in [0.2, 0.25) is 0 Å². The average molecular weight is 441 g/mol. The summed E-state index contributed by atoms with van der Waals surface area (Å²) < 4.78 is 11.7. The number of benzene rings is 3. The van der Waals surface area contributed by atoms with Crippen molar-refractivity contribution in [3.63, 3.8) is 0 Å². The van der Waals surface area contributed by atoms with Crippen LogP contribution in [0.15, 0.2) is 54.6 Å². The van der Waals surface area contributed by atoms with E-state index in [4.69, 9.17) is 9.47 Å². The van der Waals surface area contributed by atoms with Crippen molar-refractivity contribution in [2.75, 3.05) is 14.2 Å². The summed E-state index contributed by atoms with van der Waals surface area (Å²) in [5.41, 5.74) is 2.43. The minimum Gasteiger partial charge on any atom is -0.493 e. The Kier molecular flexibility index (Phi) is 5.25. The lowest BCUT2D eigenvalue weighted by Crippen LogP contribution is -1.94. The number of allylic oxidation sites excluding steroid dienone is 1. The van der Waals surface area contributed by atoms with Crippen LogP contribution in [-0.4, -0.2) is 14.2 Å². The Hall–Kier alpha value is -2.52. The number of hydrogen-bond donors (Lipinski definition) is 0. The molecule has 0 aliphatic rings. The van der Waals surface area contributed by atoms with Crippen molar-refractivity contribution in [1.29, 1.82) is 5.26 Å². The van der Waals surface area contributed by atoms with Crippen LogP contribution >= 0.6 is 22.6 Å². The molecule has 0 heterocycles. The smallest absolute Gasteiger partial charge is 0.174 e. The van der Waals surface area contributed by atoms with Gasteiger partial charge >= 0.3 is 0 Å². The van der Waals surface area contributed by atoms with Crippen molar-refractivity contribution in [1.82, 2.24) is 0 Å². The summed E-state index contributed by atoms with van der Waals surface area (Å²) >= 11 is 2.21. The van der Waals surface area contributed by atoms with Gasteiger partial charge in [0.05, 0.1) is 29.4 Å². The minimum absolute atomic E-state index is 0.611. The molecule has 25 heavy (non-hydrogen) atoms. The highest BCUT2D eigenvalue weighted by Gasteiger charge is 2.11. The number of halogens is 1. The van der Waals surface area contributed by atoms with Crippen LogP contribution in [0, 0.1) is 14.9 Å². The zero-order valence-electron chi connectivity index (χ0n) is 13.9. The van der Waals surface area contributed by atoms with Gasteiger partial charge in [0.25, 0.3) is 0 Å². The summed E-state index contributed by atoms with van der Waals surface area (Å²) in [6.45, 7) is 0. The first kappa shape index (κ1) is 17.3. The summed E-state index contributed by atoms with van der Waals surface area (Å²) in [7, 11) is 3.23. The fourth-order valence-electron chi connectivity index (χ4n) is 2.82. The molecule has 0 aliphatic heterocycles. The van der Waals surface area contributed by atoms with E-state index in [0.29, 0.717) is 17.1 Å². The van der Waals surface area contributed by atoms with Crippen LogP contribution < -0.4 is 9.47 Å². The quantitative estimate of drug-likeness (QED) is 0.304. The molecule has 0 saturated carbocycles. The van der Waals surface area contributed by atoms with Crippen molar-refractivity contribution < 1.29 is 9.47 Å². The first-order valence-corrected chi connectivity index (χ1v) is 8.77. The van der Waals surface area contributed by atoms with E-state index in [0.717, 1.165) is 25.5 Å². The number of ether oxygens (including phenoxy) is 2. The van der Waals surface area contributed by atoms with Gasteiger partial charge < -0.3 is 9.47 Å². The molecule has 0 spiro atoms. The second-order valence-electron chi connectivity index (χ2n) is 5.43. The molecule has 3 nitrogen and oxygen atoms in total. The standard InChI is InChI=1S/C21H16INO2/c1-24-20-12-14(11-19(22)21(20)25-2)10-16(13-23)18-9-5-7-15-6-3-4-8-17(15)18/h3-12H,1-2H3/b16-10-. The molecule has 0 atom stereocenters. The number of methoxy groups -OCH3 is 2. The van der Waals surface area contributed by atoms with Gasteiger partial charge in [-0.05, 0) is 57.1 Å². The Balaban J connectivity index is 2.16. The molecular weight excluding hydrogens is 425 g/mol. The molecular formula is C21H16INO2. The Morgan fingerprint density at radius 3 is 2.52 bits per heavy atom. The Labute approximate surface area is 160 Å². The lowest BCUT2D eigenvalue weighted by Gasteiger charge is -2.11. The molecule has 3 aromatic rings. The van der Waals surface area contributed by atoms with Crippen LogP contribution in [0.4, 0.5) is 0 Å². The number of nitriles is 1. The highest BCUT2D eigenvalue weighted by molar-refractivity contribution is 14.1. The fraction of sp³-hybridized carbons (Fsp3) is 0.0952. The first-order valence-electron chi connectivity index (χ1n) is 7.69. The van der Waals surface area contributed by atoms with Crippen LogP contribution in [0.25, 0.3) is 22.4 Å². The molecule has 3 aromatic carbocycles. The maximum Gasteiger partial charge on any atom is 0.174 e. The molecule has 0 unspecified atom stereocenters. The molecule has 0 aliphatic carbocycles. The molecule has 0 aromatic heterocycles. The normalized spacial score (nSPS) is 11.2. The second-order valence-corrected chi connectivity index (χ2v) is 6.60. The van der Waals surface area contributed by atoms with Crippen molar-refractivity contribution in [2.24, 2.45) is 0 Å². The lowest BCUT2D eigenvalue weighted by atomic mass is 9.97. The van der Waals surface area contributed by atoms with Crippen LogP contribution in [0.2, 0.25) is 0 Å². The van der Waals surface area contributed by atoms with Gasteiger partial charge in [0, 0.05) is 5.56 Å². The lowest BCUT2D eigenvalue weighted by molar-refractivity contribution is 0.353. The van der Waals surface area contributed by atoms with E-state index >= 15 is 0 Å². The van der Waals surface area contributed by atoms with Gasteiger partial charge in [-0.3, -0.25) is 0 Å². The van der Waals surface area contributed by atoms with E-state index in [1.165, 1.54) is 0 Å². The molecule has 0 amide bonds. The molecule has 0 radical (unpaired) electrons. The van der Waals surface area contributed by atoms with Crippen LogP contribution in [-0.2, 0) is 0 Å². The number of rotatable bonds is 4. The third-order valence-corrected chi connectivity index (χ3v) is 4.77. The molecule has 4 heteroatoms. The summed E-state index contributed by atoms with van der Waals surface area (Å²) in [6.07, 6.45) is 1.88. The largest absolute Gasteiger partial charge is 0.493 e. The summed E-state index contributed by atoms with van der Waals surface area (Å²) in [5, 5.41) is 11.9. The zero-order valence-corrected chi connectivity index (χ0v) is 16.1. The summed E-state index contributed by atoms with van der Waals surface area (Å²) in [6, 6.07) is 20.3. The molecule has 124 valence electrons. The summed E-state index contributed by atoms with van der Waals surface area (Å²) in [5.74, 6) is 1.35. The van der Waals surface area contributed by atoms with Gasteiger partial charge in [0.1, 0.15) is 0 Å². The number of nitrogens with zero attached hydrogens (tertiary/aromatic N) is 1. The average Bonchev–Trinajstić information content (AvgIpc) is 2.65. The molecule has 0 fully saturated rings. The van der Waals surface area contributed by atoms with Crippen LogP contribution in [0.1, 0.15) is 11.1 Å². The van der Waals surface area contributed by atoms with Gasteiger partial charge in [0.15, 0.2) is 11.5 Å². The maximum absolute atomic E-state index is 9.72. The van der Waals surface area contributed by atoms with Gasteiger partial charge in [-0.2, -0.15) is 5.26 Å². The fourth-order valence-corrected chi connectivity index (χ4v) is 3.66. The summed E-state index contributed by atoms with van der Waals surface area (Å²) in [4.78, 5) is 0. The van der Waals surface area contributed by atoms with E-state index in [1.807, 2.05) is 60.7 Å². The van der Waals surface area contributed by atoms with Gasteiger partial charge in [-0.1, -0.05) is 42.5 Å². The Morgan fingerprint density at radius 2 is 1.80 bits per heavy atom. The highest BCUT2D eigenvalue weighted by atomic mass is 127. The molecule has 0 saturated heterocycles. The SMILES string of the molecule is COc1cc(/C=C(/C#N)c2cccc3ccccc23)cc(I)c1OC. The van der Waals surface area contributed by atoms with Crippen LogP contribution in [0.3, 0.4) is 0 Å². The highest BCUT2D eigenvalue weighted by Crippen LogP contribution is 2.35. The number of fused-ring (bicyclic) bond motifs is 1.